The summed E-state index contributed by atoms with van der Waals surface area (Å²) in [5.41, 5.74) is 0.122. The Morgan fingerprint density at radius 1 is 1.23 bits per heavy atom. The fourth-order valence-corrected chi connectivity index (χ4v) is 6.07. The topological polar surface area (TPSA) is 64.6 Å². The third-order valence-electron chi connectivity index (χ3n) is 6.65. The van der Waals surface area contributed by atoms with Crippen molar-refractivity contribution in [3.05, 3.63) is 57.5 Å². The van der Waals surface area contributed by atoms with Crippen LogP contribution in [0, 0.1) is 5.92 Å². The Bertz CT molecular complexity index is 1080. The van der Waals surface area contributed by atoms with Crippen LogP contribution in [-0.2, 0) is 21.3 Å². The van der Waals surface area contributed by atoms with Gasteiger partial charge in [0.2, 0.25) is 10.0 Å². The third-order valence-corrected chi connectivity index (χ3v) is 8.95. The summed E-state index contributed by atoms with van der Waals surface area (Å²) in [5.74, 6) is 0.992. The van der Waals surface area contributed by atoms with Gasteiger partial charge in [-0.3, -0.25) is 0 Å². The number of halogens is 2. The summed E-state index contributed by atoms with van der Waals surface area (Å²) in [4.78, 5) is 0.193. The van der Waals surface area contributed by atoms with Crippen molar-refractivity contribution in [2.45, 2.75) is 68.8 Å². The molecule has 5 nitrogen and oxygen atoms in total. The molecule has 2 bridgehead atoms. The van der Waals surface area contributed by atoms with Gasteiger partial charge in [-0.25, -0.2) is 13.1 Å². The smallest absolute Gasteiger partial charge is 0.240 e. The summed E-state index contributed by atoms with van der Waals surface area (Å²) in [5, 5.41) is 0.462. The van der Waals surface area contributed by atoms with Crippen molar-refractivity contribution in [2.24, 2.45) is 5.92 Å². The van der Waals surface area contributed by atoms with E-state index in [0.717, 1.165) is 23.7 Å². The van der Waals surface area contributed by atoms with Gasteiger partial charge in [-0.05, 0) is 62.1 Å². The van der Waals surface area contributed by atoms with Gasteiger partial charge >= 0.3 is 0 Å². The predicted octanol–water partition coefficient (Wildman–Crippen LogP) is 5.70. The number of fused-ring (bicyclic) bond motifs is 2. The van der Waals surface area contributed by atoms with E-state index in [2.05, 4.69) is 41.4 Å². The lowest BCUT2D eigenvalue weighted by molar-refractivity contribution is -0.0770. The molecule has 0 aromatic heterocycles. The van der Waals surface area contributed by atoms with Gasteiger partial charge in [0.15, 0.2) is 0 Å². The average molecular weight is 529 g/mol. The molecule has 31 heavy (non-hydrogen) atoms. The molecule has 3 atom stereocenters. The number of benzene rings is 2. The molecule has 2 aromatic rings. The van der Waals surface area contributed by atoms with Gasteiger partial charge in [0.05, 0.1) is 10.5 Å². The van der Waals surface area contributed by atoms with E-state index in [1.54, 1.807) is 30.3 Å². The Morgan fingerprint density at radius 3 is 2.58 bits per heavy atom. The van der Waals surface area contributed by atoms with Gasteiger partial charge in [-0.2, -0.15) is 0 Å². The summed E-state index contributed by atoms with van der Waals surface area (Å²) in [7, 11) is -3.69. The van der Waals surface area contributed by atoms with Crippen LogP contribution < -0.4 is 9.46 Å². The summed E-state index contributed by atoms with van der Waals surface area (Å²) < 4.78 is 41.8. The highest BCUT2D eigenvalue weighted by Crippen LogP contribution is 2.55. The first-order valence-corrected chi connectivity index (χ1v) is 13.1. The summed E-state index contributed by atoms with van der Waals surface area (Å²) in [6.45, 7) is 6.52. The van der Waals surface area contributed by atoms with Crippen molar-refractivity contribution in [3.63, 3.8) is 0 Å². The molecular weight excluding hydrogens is 502 g/mol. The van der Waals surface area contributed by atoms with Crippen LogP contribution in [0.4, 0.5) is 0 Å². The molecule has 2 heterocycles. The highest BCUT2D eigenvalue weighted by atomic mass is 79.9. The van der Waals surface area contributed by atoms with Crippen LogP contribution in [0.2, 0.25) is 5.02 Å². The lowest BCUT2D eigenvalue weighted by Crippen LogP contribution is -2.40. The Morgan fingerprint density at radius 2 is 1.94 bits per heavy atom. The third kappa shape index (κ3) is 4.40. The summed E-state index contributed by atoms with van der Waals surface area (Å²) >= 11 is 9.77. The number of ether oxygens (including phenoxy) is 2. The second kappa shape index (κ2) is 8.34. The van der Waals surface area contributed by atoms with Gasteiger partial charge in [-0.15, -0.1) is 0 Å². The molecule has 2 aliphatic heterocycles. The van der Waals surface area contributed by atoms with Crippen molar-refractivity contribution in [1.29, 1.82) is 0 Å². The molecule has 4 rings (SSSR count). The van der Waals surface area contributed by atoms with Crippen LogP contribution in [0.25, 0.3) is 0 Å². The maximum Gasteiger partial charge on any atom is 0.240 e. The Kier molecular flexibility index (Phi) is 6.20. The Balaban J connectivity index is 1.54. The minimum absolute atomic E-state index is 0.0347. The van der Waals surface area contributed by atoms with Gasteiger partial charge in [0.25, 0.3) is 0 Å². The number of sulfonamides is 1. The maximum absolute atomic E-state index is 12.7. The fourth-order valence-electron chi connectivity index (χ4n) is 4.57. The van der Waals surface area contributed by atoms with Crippen molar-refractivity contribution >= 4 is 37.6 Å². The Labute approximate surface area is 197 Å². The molecule has 8 heteroatoms. The van der Waals surface area contributed by atoms with Crippen molar-refractivity contribution in [2.75, 3.05) is 0 Å². The van der Waals surface area contributed by atoms with Gasteiger partial charge < -0.3 is 9.47 Å². The normalized spacial score (nSPS) is 27.7. The number of nitrogens with one attached hydrogen (secondary N) is 1. The molecule has 2 fully saturated rings. The van der Waals surface area contributed by atoms with Gasteiger partial charge in [-0.1, -0.05) is 47.4 Å². The average Bonchev–Trinajstić information content (AvgIpc) is 3.20. The predicted molar refractivity (Wildman–Crippen MR) is 125 cm³/mol. The van der Waals surface area contributed by atoms with E-state index >= 15 is 0 Å². The highest BCUT2D eigenvalue weighted by molar-refractivity contribution is 9.10. The molecule has 168 valence electrons. The van der Waals surface area contributed by atoms with Crippen LogP contribution in [0.3, 0.4) is 0 Å². The van der Waals surface area contributed by atoms with E-state index in [4.69, 9.17) is 21.1 Å². The van der Waals surface area contributed by atoms with E-state index in [0.29, 0.717) is 22.3 Å². The van der Waals surface area contributed by atoms with Crippen LogP contribution >= 0.6 is 27.5 Å². The molecule has 1 N–H and O–H groups in total. The summed E-state index contributed by atoms with van der Waals surface area (Å²) in [6, 6.07) is 11.9. The molecule has 0 aliphatic carbocycles. The zero-order valence-electron chi connectivity index (χ0n) is 17.8. The van der Waals surface area contributed by atoms with E-state index in [-0.39, 0.29) is 28.7 Å². The van der Waals surface area contributed by atoms with E-state index in [9.17, 15) is 8.42 Å². The van der Waals surface area contributed by atoms with Crippen LogP contribution in [0.1, 0.15) is 45.6 Å². The van der Waals surface area contributed by atoms with Crippen LogP contribution in [0.15, 0.2) is 51.8 Å². The van der Waals surface area contributed by atoms with E-state index < -0.39 is 10.0 Å². The first kappa shape index (κ1) is 23.1. The minimum atomic E-state index is -3.69. The zero-order chi connectivity index (χ0) is 22.4. The van der Waals surface area contributed by atoms with Crippen molar-refractivity contribution in [3.8, 4) is 5.75 Å². The molecule has 0 amide bonds. The first-order chi connectivity index (χ1) is 14.5. The molecule has 2 saturated heterocycles. The minimum Gasteiger partial charge on any atom is -0.487 e. The molecular formula is C23H27BrClNO4S. The summed E-state index contributed by atoms with van der Waals surface area (Å²) in [6.07, 6.45) is 2.69. The molecule has 2 aliphatic rings. The monoisotopic (exact) mass is 527 g/mol. The standard InChI is InChI=1S/C23H27BrClNO4S/c1-15(2)23-12-11-22(3,30-23)21(13-23)29-20-6-4-5-19(25)18(20)14-26-31(27,28)17-9-7-16(24)8-10-17/h4-10,15,21,26H,11-14H2,1-3H3/t21-,22+,23-/m0/s1. The van der Waals surface area contributed by atoms with Crippen LogP contribution in [-0.4, -0.2) is 25.7 Å². The fraction of sp³-hybridized carbons (Fsp3) is 0.478. The quantitative estimate of drug-likeness (QED) is 0.501. The largest absolute Gasteiger partial charge is 0.487 e. The maximum atomic E-state index is 12.7. The second-order valence-corrected chi connectivity index (χ2v) is 12.0. The van der Waals surface area contributed by atoms with Gasteiger partial charge in [0, 0.05) is 28.0 Å². The molecule has 2 aromatic carbocycles. The van der Waals surface area contributed by atoms with E-state index in [1.807, 2.05) is 12.1 Å². The number of hydrogen-bond acceptors (Lipinski definition) is 4. The lowest BCUT2D eigenvalue weighted by atomic mass is 9.75. The zero-order valence-corrected chi connectivity index (χ0v) is 21.0. The lowest BCUT2D eigenvalue weighted by Gasteiger charge is -2.32. The molecule has 0 radical (unpaired) electrons. The number of rotatable bonds is 7. The number of hydrogen-bond donors (Lipinski definition) is 1. The molecule has 0 unspecified atom stereocenters. The van der Waals surface area contributed by atoms with Crippen molar-refractivity contribution < 1.29 is 17.9 Å². The second-order valence-electron chi connectivity index (χ2n) is 8.94. The SMILES string of the molecule is CC(C)[C@@]12CC[C@@](C)(O1)[C@@H](Oc1cccc(Cl)c1CNS(=O)(=O)c1ccc(Br)cc1)C2. The first-order valence-electron chi connectivity index (χ1n) is 10.4. The molecule has 0 spiro atoms. The van der Waals surface area contributed by atoms with Crippen molar-refractivity contribution in [1.82, 2.24) is 4.72 Å². The van der Waals surface area contributed by atoms with E-state index in [1.165, 1.54) is 0 Å². The highest BCUT2D eigenvalue weighted by Gasteiger charge is 2.61. The van der Waals surface area contributed by atoms with Crippen LogP contribution in [0.5, 0.6) is 5.75 Å². The Hall–Kier alpha value is -1.12. The van der Waals surface area contributed by atoms with Gasteiger partial charge in [0.1, 0.15) is 17.5 Å². The molecule has 0 saturated carbocycles.